The molecule has 0 saturated carbocycles. The molecule has 0 aliphatic rings. The standard InChI is InChI=1S/C12H21NO3/c1-8-5-11(10(3)16-8)9(2)13-12(4,6-14)7-15/h5,9,13-15H,6-7H2,1-4H3. The first kappa shape index (κ1) is 13.2. The van der Waals surface area contributed by atoms with Crippen LogP contribution in [0.15, 0.2) is 10.5 Å². The van der Waals surface area contributed by atoms with Crippen LogP contribution < -0.4 is 5.32 Å². The highest BCUT2D eigenvalue weighted by Crippen LogP contribution is 2.23. The van der Waals surface area contributed by atoms with Gasteiger partial charge in [-0.05, 0) is 33.8 Å². The summed E-state index contributed by atoms with van der Waals surface area (Å²) in [5.41, 5.74) is 0.391. The maximum atomic E-state index is 9.21. The van der Waals surface area contributed by atoms with Crippen LogP contribution in [0.5, 0.6) is 0 Å². The van der Waals surface area contributed by atoms with Gasteiger partial charge >= 0.3 is 0 Å². The van der Waals surface area contributed by atoms with Crippen molar-refractivity contribution >= 4 is 0 Å². The lowest BCUT2D eigenvalue weighted by Crippen LogP contribution is -2.49. The molecule has 16 heavy (non-hydrogen) atoms. The average Bonchev–Trinajstić information content (AvgIpc) is 2.57. The van der Waals surface area contributed by atoms with Gasteiger partial charge in [-0.1, -0.05) is 0 Å². The van der Waals surface area contributed by atoms with Gasteiger partial charge in [0.05, 0.1) is 18.8 Å². The first-order chi connectivity index (χ1) is 7.41. The summed E-state index contributed by atoms with van der Waals surface area (Å²) in [5.74, 6) is 1.74. The second-order valence-electron chi connectivity index (χ2n) is 4.61. The fraction of sp³-hybridized carbons (Fsp3) is 0.667. The molecular formula is C12H21NO3. The number of aliphatic hydroxyl groups is 2. The van der Waals surface area contributed by atoms with E-state index < -0.39 is 5.54 Å². The van der Waals surface area contributed by atoms with Crippen molar-refractivity contribution in [3.63, 3.8) is 0 Å². The van der Waals surface area contributed by atoms with Crippen molar-refractivity contribution in [1.82, 2.24) is 5.32 Å². The molecule has 0 bridgehead atoms. The van der Waals surface area contributed by atoms with Gasteiger partial charge in [-0.2, -0.15) is 0 Å². The zero-order chi connectivity index (χ0) is 12.3. The van der Waals surface area contributed by atoms with E-state index in [4.69, 9.17) is 4.42 Å². The van der Waals surface area contributed by atoms with E-state index in [0.717, 1.165) is 17.1 Å². The molecule has 1 aromatic rings. The highest BCUT2D eigenvalue weighted by Gasteiger charge is 2.25. The first-order valence-electron chi connectivity index (χ1n) is 5.48. The summed E-state index contributed by atoms with van der Waals surface area (Å²) in [6.07, 6.45) is 0. The molecule has 1 aromatic heterocycles. The first-order valence-corrected chi connectivity index (χ1v) is 5.48. The number of rotatable bonds is 5. The van der Waals surface area contributed by atoms with E-state index in [1.165, 1.54) is 0 Å². The second kappa shape index (κ2) is 4.99. The molecule has 0 fully saturated rings. The molecule has 1 unspecified atom stereocenters. The highest BCUT2D eigenvalue weighted by atomic mass is 16.3. The zero-order valence-corrected chi connectivity index (χ0v) is 10.4. The van der Waals surface area contributed by atoms with Crippen LogP contribution in [-0.4, -0.2) is 29.0 Å². The van der Waals surface area contributed by atoms with Crippen LogP contribution in [0, 0.1) is 13.8 Å². The van der Waals surface area contributed by atoms with Gasteiger partial charge in [-0.3, -0.25) is 0 Å². The Morgan fingerprint density at radius 2 is 1.94 bits per heavy atom. The topological polar surface area (TPSA) is 65.6 Å². The lowest BCUT2D eigenvalue weighted by Gasteiger charge is -2.30. The maximum absolute atomic E-state index is 9.21. The minimum Gasteiger partial charge on any atom is -0.466 e. The molecule has 0 radical (unpaired) electrons. The van der Waals surface area contributed by atoms with Crippen LogP contribution in [0.25, 0.3) is 0 Å². The molecule has 0 saturated heterocycles. The van der Waals surface area contributed by atoms with E-state index in [9.17, 15) is 10.2 Å². The van der Waals surface area contributed by atoms with Gasteiger partial charge in [0, 0.05) is 11.6 Å². The fourth-order valence-corrected chi connectivity index (χ4v) is 1.82. The van der Waals surface area contributed by atoms with Crippen LogP contribution in [0.3, 0.4) is 0 Å². The summed E-state index contributed by atoms with van der Waals surface area (Å²) in [7, 11) is 0. The maximum Gasteiger partial charge on any atom is 0.105 e. The number of furan rings is 1. The summed E-state index contributed by atoms with van der Waals surface area (Å²) in [5, 5.41) is 21.6. The molecule has 0 aliphatic carbocycles. The Morgan fingerprint density at radius 1 is 1.38 bits per heavy atom. The van der Waals surface area contributed by atoms with Crippen molar-refractivity contribution < 1.29 is 14.6 Å². The van der Waals surface area contributed by atoms with Crippen molar-refractivity contribution in [2.24, 2.45) is 0 Å². The SMILES string of the molecule is Cc1cc(C(C)NC(C)(CO)CO)c(C)o1. The molecule has 0 spiro atoms. The van der Waals surface area contributed by atoms with Crippen molar-refractivity contribution in [3.8, 4) is 0 Å². The zero-order valence-electron chi connectivity index (χ0n) is 10.4. The minimum absolute atomic E-state index is 0.0294. The van der Waals surface area contributed by atoms with Crippen molar-refractivity contribution in [1.29, 1.82) is 0 Å². The molecule has 92 valence electrons. The van der Waals surface area contributed by atoms with Gasteiger partial charge in [0.25, 0.3) is 0 Å². The second-order valence-corrected chi connectivity index (χ2v) is 4.61. The van der Waals surface area contributed by atoms with Gasteiger partial charge in [0.15, 0.2) is 0 Å². The molecule has 0 aliphatic heterocycles. The van der Waals surface area contributed by atoms with E-state index in [1.54, 1.807) is 6.92 Å². The molecule has 4 heteroatoms. The highest BCUT2D eigenvalue weighted by molar-refractivity contribution is 5.23. The van der Waals surface area contributed by atoms with Crippen molar-refractivity contribution in [3.05, 3.63) is 23.2 Å². The van der Waals surface area contributed by atoms with E-state index in [1.807, 2.05) is 26.8 Å². The number of hydrogen-bond donors (Lipinski definition) is 3. The Hall–Kier alpha value is -0.840. The molecule has 1 atom stereocenters. The predicted molar refractivity (Wildman–Crippen MR) is 62.3 cm³/mol. The quantitative estimate of drug-likeness (QED) is 0.709. The summed E-state index contributed by atoms with van der Waals surface area (Å²) >= 11 is 0. The predicted octanol–water partition coefficient (Wildman–Crippen LogP) is 1.29. The Balaban J connectivity index is 2.79. The third-order valence-electron chi connectivity index (χ3n) is 2.81. The molecule has 4 nitrogen and oxygen atoms in total. The minimum atomic E-state index is -0.670. The smallest absolute Gasteiger partial charge is 0.105 e. The summed E-state index contributed by atoms with van der Waals surface area (Å²) in [6, 6.07) is 2.00. The Kier molecular flexibility index (Phi) is 4.13. The van der Waals surface area contributed by atoms with Crippen LogP contribution in [0.4, 0.5) is 0 Å². The summed E-state index contributed by atoms with van der Waals surface area (Å²) < 4.78 is 5.45. The number of aliphatic hydroxyl groups excluding tert-OH is 2. The van der Waals surface area contributed by atoms with Gasteiger partial charge in [0.1, 0.15) is 11.5 Å². The average molecular weight is 227 g/mol. The fourth-order valence-electron chi connectivity index (χ4n) is 1.82. The third-order valence-corrected chi connectivity index (χ3v) is 2.81. The van der Waals surface area contributed by atoms with Crippen LogP contribution in [-0.2, 0) is 0 Å². The lowest BCUT2D eigenvalue weighted by molar-refractivity contribution is 0.0956. The Bertz CT molecular complexity index is 342. The van der Waals surface area contributed by atoms with E-state index >= 15 is 0 Å². The van der Waals surface area contributed by atoms with Crippen LogP contribution in [0.2, 0.25) is 0 Å². The monoisotopic (exact) mass is 227 g/mol. The van der Waals surface area contributed by atoms with Crippen LogP contribution >= 0.6 is 0 Å². The molecular weight excluding hydrogens is 206 g/mol. The third kappa shape index (κ3) is 2.84. The summed E-state index contributed by atoms with van der Waals surface area (Å²) in [4.78, 5) is 0. The van der Waals surface area contributed by atoms with Crippen LogP contribution in [0.1, 0.15) is 37.0 Å². The Morgan fingerprint density at radius 3 is 2.31 bits per heavy atom. The van der Waals surface area contributed by atoms with Crippen molar-refractivity contribution in [2.75, 3.05) is 13.2 Å². The largest absolute Gasteiger partial charge is 0.466 e. The molecule has 3 N–H and O–H groups in total. The number of nitrogens with one attached hydrogen (secondary N) is 1. The Labute approximate surface area is 96.3 Å². The normalized spacial score (nSPS) is 14.1. The van der Waals surface area contributed by atoms with E-state index in [-0.39, 0.29) is 19.3 Å². The van der Waals surface area contributed by atoms with Gasteiger partial charge in [-0.25, -0.2) is 0 Å². The van der Waals surface area contributed by atoms with E-state index in [2.05, 4.69) is 5.32 Å². The summed E-state index contributed by atoms with van der Waals surface area (Å²) in [6.45, 7) is 7.37. The van der Waals surface area contributed by atoms with Gasteiger partial charge < -0.3 is 19.9 Å². The van der Waals surface area contributed by atoms with Gasteiger partial charge in [-0.15, -0.1) is 0 Å². The number of hydrogen-bond acceptors (Lipinski definition) is 4. The van der Waals surface area contributed by atoms with E-state index in [0.29, 0.717) is 0 Å². The molecule has 0 amide bonds. The number of aryl methyl sites for hydroxylation is 2. The molecule has 1 rings (SSSR count). The van der Waals surface area contributed by atoms with Crippen molar-refractivity contribution in [2.45, 2.75) is 39.3 Å². The molecule has 0 aromatic carbocycles. The lowest BCUT2D eigenvalue weighted by atomic mass is 10.0. The van der Waals surface area contributed by atoms with Gasteiger partial charge in [0.2, 0.25) is 0 Å². The molecule has 1 heterocycles.